The minimum Gasteiger partial charge on any atom is -0.459 e. The number of ether oxygens (including phenoxy) is 1. The first kappa shape index (κ1) is 12.2. The molecule has 0 saturated heterocycles. The van der Waals surface area contributed by atoms with Crippen LogP contribution < -0.4 is 10.4 Å². The quantitative estimate of drug-likeness (QED) is 0.888. The zero-order valence-electron chi connectivity index (χ0n) is 9.48. The SMILES string of the molecule is C=C(C)c1cnn2c(=O)[nH]c(OCC(F)F)nc12. The smallest absolute Gasteiger partial charge is 0.352 e. The fraction of sp³-hybridized carbons (Fsp3) is 0.300. The van der Waals surface area contributed by atoms with Crippen molar-refractivity contribution in [1.82, 2.24) is 19.6 Å². The number of nitrogens with one attached hydrogen (secondary N) is 1. The van der Waals surface area contributed by atoms with E-state index in [4.69, 9.17) is 0 Å². The summed E-state index contributed by atoms with van der Waals surface area (Å²) in [5.74, 6) is 0. The Morgan fingerprint density at radius 2 is 2.39 bits per heavy atom. The van der Waals surface area contributed by atoms with Gasteiger partial charge in [0.25, 0.3) is 12.4 Å². The first-order valence-corrected chi connectivity index (χ1v) is 5.04. The fourth-order valence-corrected chi connectivity index (χ4v) is 1.38. The van der Waals surface area contributed by atoms with Crippen molar-refractivity contribution in [2.75, 3.05) is 6.61 Å². The van der Waals surface area contributed by atoms with Crippen LogP contribution in [0.3, 0.4) is 0 Å². The van der Waals surface area contributed by atoms with Crippen molar-refractivity contribution >= 4 is 11.2 Å². The van der Waals surface area contributed by atoms with Gasteiger partial charge in [-0.05, 0) is 12.5 Å². The van der Waals surface area contributed by atoms with E-state index in [0.717, 1.165) is 4.52 Å². The van der Waals surface area contributed by atoms with Gasteiger partial charge >= 0.3 is 5.69 Å². The van der Waals surface area contributed by atoms with Crippen LogP contribution in [0.1, 0.15) is 12.5 Å². The second-order valence-electron chi connectivity index (χ2n) is 3.62. The fourth-order valence-electron chi connectivity index (χ4n) is 1.38. The molecule has 0 aliphatic rings. The number of aromatic amines is 1. The molecular weight excluding hydrogens is 246 g/mol. The summed E-state index contributed by atoms with van der Waals surface area (Å²) in [5, 5.41) is 3.82. The molecule has 0 spiro atoms. The maximum absolute atomic E-state index is 12.0. The van der Waals surface area contributed by atoms with E-state index >= 15 is 0 Å². The molecule has 0 saturated carbocycles. The highest BCUT2D eigenvalue weighted by Gasteiger charge is 2.12. The first-order valence-electron chi connectivity index (χ1n) is 5.04. The van der Waals surface area contributed by atoms with E-state index in [9.17, 15) is 13.6 Å². The summed E-state index contributed by atoms with van der Waals surface area (Å²) >= 11 is 0. The first-order chi connectivity index (χ1) is 8.49. The molecule has 2 aromatic rings. The van der Waals surface area contributed by atoms with Crippen LogP contribution in [0.2, 0.25) is 0 Å². The third kappa shape index (κ3) is 2.22. The molecule has 2 aromatic heterocycles. The van der Waals surface area contributed by atoms with E-state index < -0.39 is 18.7 Å². The maximum atomic E-state index is 12.0. The molecule has 2 heterocycles. The van der Waals surface area contributed by atoms with Crippen molar-refractivity contribution < 1.29 is 13.5 Å². The van der Waals surface area contributed by atoms with Crippen LogP contribution >= 0.6 is 0 Å². The molecule has 2 rings (SSSR count). The maximum Gasteiger partial charge on any atom is 0.352 e. The number of halogens is 2. The van der Waals surface area contributed by atoms with Gasteiger partial charge in [-0.1, -0.05) is 6.58 Å². The lowest BCUT2D eigenvalue weighted by atomic mass is 10.2. The Hall–Kier alpha value is -2.25. The summed E-state index contributed by atoms with van der Waals surface area (Å²) in [6.07, 6.45) is -1.21. The second-order valence-corrected chi connectivity index (χ2v) is 3.62. The standard InChI is InChI=1S/C10H10F2N4O2/c1-5(2)6-3-13-16-8(6)14-9(15-10(16)17)18-4-7(11)12/h3,7H,1,4H2,2H3,(H,14,15,17). The lowest BCUT2D eigenvalue weighted by Gasteiger charge is -2.04. The minimum atomic E-state index is -2.64. The molecule has 8 heteroatoms. The summed E-state index contributed by atoms with van der Waals surface area (Å²) in [7, 11) is 0. The summed E-state index contributed by atoms with van der Waals surface area (Å²) < 4.78 is 29.7. The Bertz CT molecular complexity index is 647. The largest absolute Gasteiger partial charge is 0.459 e. The normalized spacial score (nSPS) is 11.1. The average molecular weight is 256 g/mol. The number of alkyl halides is 2. The van der Waals surface area contributed by atoms with Crippen LogP contribution in [-0.2, 0) is 0 Å². The van der Waals surface area contributed by atoms with Gasteiger partial charge in [-0.15, -0.1) is 0 Å². The van der Waals surface area contributed by atoms with Crippen molar-refractivity contribution in [3.05, 3.63) is 28.8 Å². The Morgan fingerprint density at radius 3 is 3.00 bits per heavy atom. The minimum absolute atomic E-state index is 0.218. The van der Waals surface area contributed by atoms with Gasteiger partial charge in [0.2, 0.25) is 0 Å². The highest BCUT2D eigenvalue weighted by Crippen LogP contribution is 2.16. The third-order valence-corrected chi connectivity index (χ3v) is 2.16. The van der Waals surface area contributed by atoms with Crippen molar-refractivity contribution in [3.8, 4) is 6.01 Å². The Balaban J connectivity index is 2.48. The number of fused-ring (bicyclic) bond motifs is 1. The van der Waals surface area contributed by atoms with Crippen molar-refractivity contribution in [2.45, 2.75) is 13.3 Å². The van der Waals surface area contributed by atoms with E-state index in [1.165, 1.54) is 6.20 Å². The van der Waals surface area contributed by atoms with Crippen molar-refractivity contribution in [1.29, 1.82) is 0 Å². The molecule has 96 valence electrons. The number of hydrogen-bond donors (Lipinski definition) is 1. The molecule has 0 aromatic carbocycles. The second kappa shape index (κ2) is 4.55. The zero-order chi connectivity index (χ0) is 13.3. The van der Waals surface area contributed by atoms with Gasteiger partial charge in [-0.2, -0.15) is 14.6 Å². The molecule has 0 aliphatic carbocycles. The molecule has 1 N–H and O–H groups in total. The van der Waals surface area contributed by atoms with E-state index in [1.807, 2.05) is 0 Å². The molecule has 0 bridgehead atoms. The Morgan fingerprint density at radius 1 is 1.67 bits per heavy atom. The van der Waals surface area contributed by atoms with Gasteiger partial charge in [0, 0.05) is 5.56 Å². The number of H-pyrrole nitrogens is 1. The van der Waals surface area contributed by atoms with Crippen LogP contribution in [0.15, 0.2) is 17.6 Å². The third-order valence-electron chi connectivity index (χ3n) is 2.16. The summed E-state index contributed by atoms with van der Waals surface area (Å²) in [4.78, 5) is 17.7. The predicted octanol–water partition coefficient (Wildman–Crippen LogP) is 1.09. The number of aromatic nitrogens is 4. The number of allylic oxidation sites excluding steroid dienone is 1. The van der Waals surface area contributed by atoms with Gasteiger partial charge < -0.3 is 4.74 Å². The Labute approximate surface area is 99.9 Å². The van der Waals surface area contributed by atoms with Gasteiger partial charge in [0.15, 0.2) is 12.3 Å². The van der Waals surface area contributed by atoms with Crippen molar-refractivity contribution in [2.24, 2.45) is 0 Å². The van der Waals surface area contributed by atoms with Crippen LogP contribution in [0.5, 0.6) is 6.01 Å². The van der Waals surface area contributed by atoms with E-state index in [-0.39, 0.29) is 11.7 Å². The highest BCUT2D eigenvalue weighted by atomic mass is 19.3. The predicted molar refractivity (Wildman–Crippen MR) is 59.8 cm³/mol. The number of rotatable bonds is 4. The van der Waals surface area contributed by atoms with E-state index in [0.29, 0.717) is 11.1 Å². The van der Waals surface area contributed by atoms with Crippen molar-refractivity contribution in [3.63, 3.8) is 0 Å². The average Bonchev–Trinajstić information content (AvgIpc) is 2.70. The summed E-state index contributed by atoms with van der Waals surface area (Å²) in [6.45, 7) is 4.60. The molecule has 6 nitrogen and oxygen atoms in total. The number of hydrogen-bond acceptors (Lipinski definition) is 4. The summed E-state index contributed by atoms with van der Waals surface area (Å²) in [5.41, 5.74) is 0.818. The highest BCUT2D eigenvalue weighted by molar-refractivity contribution is 5.72. The molecule has 0 aliphatic heterocycles. The molecule has 0 unspecified atom stereocenters. The van der Waals surface area contributed by atoms with Gasteiger partial charge in [-0.25, -0.2) is 13.6 Å². The van der Waals surface area contributed by atoms with Crippen LogP contribution in [0, 0.1) is 0 Å². The van der Waals surface area contributed by atoms with E-state index in [2.05, 4.69) is 26.4 Å². The summed E-state index contributed by atoms with van der Waals surface area (Å²) in [6, 6.07) is -0.268. The molecule has 0 amide bonds. The molecule has 18 heavy (non-hydrogen) atoms. The molecular formula is C10H10F2N4O2. The lowest BCUT2D eigenvalue weighted by Crippen LogP contribution is -2.21. The van der Waals surface area contributed by atoms with Crippen LogP contribution in [0.25, 0.3) is 11.2 Å². The Kier molecular flexibility index (Phi) is 3.09. The van der Waals surface area contributed by atoms with Gasteiger partial charge in [0.05, 0.1) is 6.20 Å². The molecule has 0 fully saturated rings. The topological polar surface area (TPSA) is 72.3 Å². The lowest BCUT2D eigenvalue weighted by molar-refractivity contribution is 0.0768. The molecule has 0 atom stereocenters. The monoisotopic (exact) mass is 256 g/mol. The van der Waals surface area contributed by atoms with Crippen LogP contribution in [-0.4, -0.2) is 32.6 Å². The van der Waals surface area contributed by atoms with Gasteiger partial charge in [-0.3, -0.25) is 4.98 Å². The van der Waals surface area contributed by atoms with E-state index in [1.54, 1.807) is 6.92 Å². The molecule has 0 radical (unpaired) electrons. The van der Waals surface area contributed by atoms with Gasteiger partial charge in [0.1, 0.15) is 0 Å². The van der Waals surface area contributed by atoms with Crippen LogP contribution in [0.4, 0.5) is 8.78 Å². The number of nitrogens with zero attached hydrogens (tertiary/aromatic N) is 3. The zero-order valence-corrected chi connectivity index (χ0v) is 9.48.